The number of benzene rings is 2. The minimum absolute atomic E-state index is 0.0263. The standard InChI is InChI=1S/C19H19FN2O4/c1-13(23)22(16-9-7-14(8-10-16)19(25)26-2)12-18(24)21-11-15-5-3-4-6-17(15)20/h3-10H,11-12H2,1-2H3,(H,21,24). The largest absolute Gasteiger partial charge is 0.465 e. The number of anilines is 1. The average molecular weight is 358 g/mol. The van der Waals surface area contributed by atoms with Gasteiger partial charge in [0, 0.05) is 24.7 Å². The highest BCUT2D eigenvalue weighted by Gasteiger charge is 2.17. The minimum atomic E-state index is -0.492. The third kappa shape index (κ3) is 4.89. The number of rotatable bonds is 6. The zero-order valence-electron chi connectivity index (χ0n) is 14.5. The second kappa shape index (κ2) is 8.75. The van der Waals surface area contributed by atoms with Crippen molar-refractivity contribution in [1.82, 2.24) is 5.32 Å². The molecule has 6 nitrogen and oxygen atoms in total. The van der Waals surface area contributed by atoms with Crippen LogP contribution in [-0.4, -0.2) is 31.4 Å². The number of ether oxygens (including phenoxy) is 1. The molecule has 0 aliphatic rings. The van der Waals surface area contributed by atoms with Gasteiger partial charge in [0.2, 0.25) is 11.8 Å². The zero-order chi connectivity index (χ0) is 19.1. The van der Waals surface area contributed by atoms with Crippen LogP contribution in [0.15, 0.2) is 48.5 Å². The third-order valence-electron chi connectivity index (χ3n) is 3.72. The van der Waals surface area contributed by atoms with Gasteiger partial charge >= 0.3 is 5.97 Å². The molecule has 0 saturated heterocycles. The Labute approximate surface area is 150 Å². The molecule has 0 saturated carbocycles. The number of nitrogens with zero attached hydrogens (tertiary/aromatic N) is 1. The molecule has 0 aliphatic heterocycles. The van der Waals surface area contributed by atoms with Crippen molar-refractivity contribution >= 4 is 23.5 Å². The maximum atomic E-state index is 13.6. The van der Waals surface area contributed by atoms with Crippen molar-refractivity contribution in [2.75, 3.05) is 18.6 Å². The highest BCUT2D eigenvalue weighted by Crippen LogP contribution is 2.16. The summed E-state index contributed by atoms with van der Waals surface area (Å²) in [5.74, 6) is -1.67. The number of hydrogen-bond donors (Lipinski definition) is 1. The van der Waals surface area contributed by atoms with Crippen molar-refractivity contribution < 1.29 is 23.5 Å². The van der Waals surface area contributed by atoms with Crippen LogP contribution in [0.4, 0.5) is 10.1 Å². The van der Waals surface area contributed by atoms with Gasteiger partial charge in [-0.2, -0.15) is 0 Å². The van der Waals surface area contributed by atoms with Gasteiger partial charge in [0.15, 0.2) is 0 Å². The predicted octanol–water partition coefficient (Wildman–Crippen LogP) is 2.28. The molecule has 1 N–H and O–H groups in total. The number of esters is 1. The number of halogens is 1. The topological polar surface area (TPSA) is 75.7 Å². The fourth-order valence-electron chi connectivity index (χ4n) is 2.31. The quantitative estimate of drug-likeness (QED) is 0.804. The van der Waals surface area contributed by atoms with Crippen LogP contribution in [0, 0.1) is 5.82 Å². The van der Waals surface area contributed by atoms with Crippen LogP contribution in [0.5, 0.6) is 0 Å². The van der Waals surface area contributed by atoms with E-state index in [0.717, 1.165) is 0 Å². The third-order valence-corrected chi connectivity index (χ3v) is 3.72. The maximum Gasteiger partial charge on any atom is 0.337 e. The predicted molar refractivity (Wildman–Crippen MR) is 94.1 cm³/mol. The van der Waals surface area contributed by atoms with E-state index < -0.39 is 17.7 Å². The molecule has 0 spiro atoms. The molecule has 0 radical (unpaired) electrons. The van der Waals surface area contributed by atoms with Crippen molar-refractivity contribution in [2.24, 2.45) is 0 Å². The molecule has 0 aliphatic carbocycles. The lowest BCUT2D eigenvalue weighted by molar-refractivity contribution is -0.123. The summed E-state index contributed by atoms with van der Waals surface area (Å²) < 4.78 is 18.2. The number of methoxy groups -OCH3 is 1. The van der Waals surface area contributed by atoms with Gasteiger partial charge in [-0.05, 0) is 30.3 Å². The van der Waals surface area contributed by atoms with E-state index in [1.807, 2.05) is 0 Å². The smallest absolute Gasteiger partial charge is 0.337 e. The fourth-order valence-corrected chi connectivity index (χ4v) is 2.31. The van der Waals surface area contributed by atoms with Crippen LogP contribution in [0.2, 0.25) is 0 Å². The van der Waals surface area contributed by atoms with Crippen LogP contribution < -0.4 is 10.2 Å². The van der Waals surface area contributed by atoms with E-state index in [2.05, 4.69) is 10.1 Å². The minimum Gasteiger partial charge on any atom is -0.465 e. The van der Waals surface area contributed by atoms with Crippen LogP contribution >= 0.6 is 0 Å². The molecule has 0 atom stereocenters. The maximum absolute atomic E-state index is 13.6. The first kappa shape index (κ1) is 19.1. The summed E-state index contributed by atoms with van der Waals surface area (Å²) in [6.07, 6.45) is 0. The molecule has 0 heterocycles. The Kier molecular flexibility index (Phi) is 6.43. The van der Waals surface area contributed by atoms with E-state index in [-0.39, 0.29) is 19.0 Å². The van der Waals surface area contributed by atoms with E-state index in [9.17, 15) is 18.8 Å². The number of amides is 2. The molecule has 0 unspecified atom stereocenters. The lowest BCUT2D eigenvalue weighted by Gasteiger charge is -2.21. The van der Waals surface area contributed by atoms with E-state index in [1.54, 1.807) is 30.3 Å². The molecule has 2 rings (SSSR count). The number of nitrogens with one attached hydrogen (secondary N) is 1. The SMILES string of the molecule is COC(=O)c1ccc(N(CC(=O)NCc2ccccc2F)C(C)=O)cc1. The number of carbonyl (C=O) groups is 3. The Morgan fingerprint density at radius 3 is 2.31 bits per heavy atom. The Morgan fingerprint density at radius 1 is 1.08 bits per heavy atom. The van der Waals surface area contributed by atoms with Crippen molar-refractivity contribution in [3.8, 4) is 0 Å². The van der Waals surface area contributed by atoms with Crippen LogP contribution in [-0.2, 0) is 20.9 Å². The molecular formula is C19H19FN2O4. The van der Waals surface area contributed by atoms with Gasteiger partial charge in [0.25, 0.3) is 0 Å². The first-order valence-electron chi connectivity index (χ1n) is 7.89. The summed E-state index contributed by atoms with van der Waals surface area (Å²) in [5.41, 5.74) is 1.16. The van der Waals surface area contributed by atoms with E-state index in [0.29, 0.717) is 16.8 Å². The molecule has 136 valence electrons. The Bertz CT molecular complexity index is 805. The number of carbonyl (C=O) groups excluding carboxylic acids is 3. The normalized spacial score (nSPS) is 10.1. The van der Waals surface area contributed by atoms with Gasteiger partial charge < -0.3 is 15.0 Å². The molecule has 0 bridgehead atoms. The zero-order valence-corrected chi connectivity index (χ0v) is 14.5. The summed E-state index contributed by atoms with van der Waals surface area (Å²) in [4.78, 5) is 36.7. The van der Waals surface area contributed by atoms with E-state index in [4.69, 9.17) is 0 Å². The second-order valence-corrected chi connectivity index (χ2v) is 5.51. The lowest BCUT2D eigenvalue weighted by atomic mass is 10.2. The van der Waals surface area contributed by atoms with Gasteiger partial charge in [-0.25, -0.2) is 9.18 Å². The van der Waals surface area contributed by atoms with Crippen molar-refractivity contribution in [1.29, 1.82) is 0 Å². The van der Waals surface area contributed by atoms with Crippen LogP contribution in [0.25, 0.3) is 0 Å². The summed E-state index contributed by atoms with van der Waals surface area (Å²) in [6, 6.07) is 12.2. The monoisotopic (exact) mass is 358 g/mol. The summed E-state index contributed by atoms with van der Waals surface area (Å²) in [7, 11) is 1.28. The molecule has 7 heteroatoms. The lowest BCUT2D eigenvalue weighted by Crippen LogP contribution is -2.39. The Balaban J connectivity index is 2.03. The summed E-state index contributed by atoms with van der Waals surface area (Å²) in [5, 5.41) is 2.59. The van der Waals surface area contributed by atoms with Crippen molar-refractivity contribution in [3.63, 3.8) is 0 Å². The highest BCUT2D eigenvalue weighted by molar-refractivity contribution is 5.98. The van der Waals surface area contributed by atoms with Gasteiger partial charge in [0.05, 0.1) is 12.7 Å². The van der Waals surface area contributed by atoms with Gasteiger partial charge in [-0.15, -0.1) is 0 Å². The molecule has 2 aromatic rings. The Morgan fingerprint density at radius 2 is 1.73 bits per heavy atom. The van der Waals surface area contributed by atoms with Gasteiger partial charge in [0.1, 0.15) is 12.4 Å². The highest BCUT2D eigenvalue weighted by atomic mass is 19.1. The van der Waals surface area contributed by atoms with E-state index in [1.165, 1.54) is 37.1 Å². The van der Waals surface area contributed by atoms with Crippen molar-refractivity contribution in [3.05, 3.63) is 65.5 Å². The van der Waals surface area contributed by atoms with Crippen LogP contribution in [0.3, 0.4) is 0 Å². The molecule has 0 aromatic heterocycles. The first-order chi connectivity index (χ1) is 12.4. The first-order valence-corrected chi connectivity index (χ1v) is 7.89. The molecular weight excluding hydrogens is 339 g/mol. The van der Waals surface area contributed by atoms with Gasteiger partial charge in [-0.1, -0.05) is 18.2 Å². The van der Waals surface area contributed by atoms with Crippen LogP contribution in [0.1, 0.15) is 22.8 Å². The molecule has 26 heavy (non-hydrogen) atoms. The fraction of sp³-hybridized carbons (Fsp3) is 0.211. The molecule has 0 fully saturated rings. The average Bonchev–Trinajstić information content (AvgIpc) is 2.64. The van der Waals surface area contributed by atoms with Gasteiger partial charge in [-0.3, -0.25) is 9.59 Å². The molecule has 2 amide bonds. The molecule has 2 aromatic carbocycles. The summed E-state index contributed by atoms with van der Waals surface area (Å²) in [6.45, 7) is 1.14. The van der Waals surface area contributed by atoms with E-state index >= 15 is 0 Å². The van der Waals surface area contributed by atoms with Crippen molar-refractivity contribution in [2.45, 2.75) is 13.5 Å². The second-order valence-electron chi connectivity index (χ2n) is 5.51. The number of hydrogen-bond acceptors (Lipinski definition) is 4. The Hall–Kier alpha value is -3.22. The summed E-state index contributed by atoms with van der Waals surface area (Å²) >= 11 is 0.